The van der Waals surface area contributed by atoms with Crippen molar-refractivity contribution in [3.8, 4) is 0 Å². The highest BCUT2D eigenvalue weighted by atomic mass is 32.2. The van der Waals surface area contributed by atoms with Gasteiger partial charge in [-0.1, -0.05) is 12.5 Å². The highest BCUT2D eigenvalue weighted by molar-refractivity contribution is 7.99. The van der Waals surface area contributed by atoms with Crippen LogP contribution in [0.2, 0.25) is 0 Å². The molecule has 0 spiro atoms. The molecule has 3 heterocycles. The lowest BCUT2D eigenvalue weighted by atomic mass is 10.1. The van der Waals surface area contributed by atoms with Gasteiger partial charge >= 0.3 is 0 Å². The van der Waals surface area contributed by atoms with E-state index in [0.717, 1.165) is 23.1 Å². The van der Waals surface area contributed by atoms with Crippen LogP contribution < -0.4 is 0 Å². The van der Waals surface area contributed by atoms with Crippen LogP contribution in [0, 0.1) is 0 Å². The van der Waals surface area contributed by atoms with Gasteiger partial charge < -0.3 is 0 Å². The van der Waals surface area contributed by atoms with Crippen LogP contribution in [-0.2, 0) is 6.42 Å². The van der Waals surface area contributed by atoms with Gasteiger partial charge in [-0.3, -0.25) is 0 Å². The van der Waals surface area contributed by atoms with E-state index in [0.29, 0.717) is 0 Å². The Hall–Kier alpha value is -1.03. The van der Waals surface area contributed by atoms with E-state index in [2.05, 4.69) is 21.8 Å². The van der Waals surface area contributed by atoms with E-state index in [4.69, 9.17) is 0 Å². The zero-order valence-corrected chi connectivity index (χ0v) is 9.99. The van der Waals surface area contributed by atoms with E-state index in [-0.39, 0.29) is 0 Å². The molecule has 0 aromatic carbocycles. The second-order valence-corrected chi connectivity index (χ2v) is 5.63. The molecule has 1 aliphatic heterocycles. The molecule has 0 bridgehead atoms. The fraction of sp³-hybridized carbons (Fsp3) is 0.500. The Kier molecular flexibility index (Phi) is 2.82. The number of nitrogens with zero attached hydrogens (tertiary/aromatic N) is 3. The Bertz CT molecular complexity index is 441. The summed E-state index contributed by atoms with van der Waals surface area (Å²) in [6.07, 6.45) is 7.04. The minimum Gasteiger partial charge on any atom is -0.221 e. The molecule has 1 saturated heterocycles. The Morgan fingerprint density at radius 1 is 1.38 bits per heavy atom. The van der Waals surface area contributed by atoms with Crippen LogP contribution in [0.3, 0.4) is 0 Å². The third-order valence-electron chi connectivity index (χ3n) is 2.97. The molecule has 3 rings (SSSR count). The van der Waals surface area contributed by atoms with Crippen LogP contribution >= 0.6 is 11.8 Å². The maximum Gasteiger partial charge on any atom is 0.155 e. The maximum atomic E-state index is 4.55. The monoisotopic (exact) mass is 233 g/mol. The molecule has 1 aliphatic rings. The smallest absolute Gasteiger partial charge is 0.155 e. The lowest BCUT2D eigenvalue weighted by molar-refractivity contribution is 0.647. The summed E-state index contributed by atoms with van der Waals surface area (Å²) in [6.45, 7) is 0. The van der Waals surface area contributed by atoms with Gasteiger partial charge in [0, 0.05) is 17.9 Å². The van der Waals surface area contributed by atoms with Crippen LogP contribution in [0.25, 0.3) is 5.65 Å². The van der Waals surface area contributed by atoms with Gasteiger partial charge in [-0.2, -0.15) is 16.9 Å². The fourth-order valence-corrected chi connectivity index (χ4v) is 3.44. The van der Waals surface area contributed by atoms with Gasteiger partial charge in [0.2, 0.25) is 0 Å². The van der Waals surface area contributed by atoms with Crippen molar-refractivity contribution in [2.24, 2.45) is 0 Å². The summed E-state index contributed by atoms with van der Waals surface area (Å²) in [6, 6.07) is 5.99. The van der Waals surface area contributed by atoms with Crippen LogP contribution in [0.15, 0.2) is 24.4 Å². The maximum absolute atomic E-state index is 4.55. The molecule has 1 fully saturated rings. The summed E-state index contributed by atoms with van der Waals surface area (Å²) in [5.41, 5.74) is 0.957. The molecule has 4 heteroatoms. The van der Waals surface area contributed by atoms with Gasteiger partial charge in [0.15, 0.2) is 11.5 Å². The molecule has 3 nitrogen and oxygen atoms in total. The molecular formula is C12H15N3S. The van der Waals surface area contributed by atoms with Crippen LogP contribution in [-0.4, -0.2) is 25.6 Å². The van der Waals surface area contributed by atoms with Crippen molar-refractivity contribution in [2.75, 3.05) is 5.75 Å². The van der Waals surface area contributed by atoms with Gasteiger partial charge in [0.05, 0.1) is 0 Å². The highest BCUT2D eigenvalue weighted by Gasteiger charge is 2.16. The largest absolute Gasteiger partial charge is 0.221 e. The normalized spacial score (nSPS) is 21.4. The average Bonchev–Trinajstić information content (AvgIpc) is 2.72. The minimum absolute atomic E-state index is 0.728. The Morgan fingerprint density at radius 3 is 3.19 bits per heavy atom. The van der Waals surface area contributed by atoms with E-state index in [1.54, 1.807) is 0 Å². The lowest BCUT2D eigenvalue weighted by Gasteiger charge is -2.19. The van der Waals surface area contributed by atoms with Gasteiger partial charge in [-0.25, -0.2) is 9.50 Å². The first-order chi connectivity index (χ1) is 7.92. The molecule has 0 aliphatic carbocycles. The second-order valence-electron chi connectivity index (χ2n) is 4.22. The highest BCUT2D eigenvalue weighted by Crippen LogP contribution is 2.27. The van der Waals surface area contributed by atoms with E-state index in [9.17, 15) is 0 Å². The van der Waals surface area contributed by atoms with E-state index in [1.807, 2.05) is 28.9 Å². The molecule has 1 atom stereocenters. The predicted octanol–water partition coefficient (Wildman–Crippen LogP) is 2.56. The zero-order valence-electron chi connectivity index (χ0n) is 9.17. The molecule has 2 aromatic heterocycles. The van der Waals surface area contributed by atoms with Crippen LogP contribution in [0.5, 0.6) is 0 Å². The Balaban J connectivity index is 1.78. The summed E-state index contributed by atoms with van der Waals surface area (Å²) in [7, 11) is 0. The fourth-order valence-electron chi connectivity index (χ4n) is 2.14. The predicted molar refractivity (Wildman–Crippen MR) is 66.8 cm³/mol. The topological polar surface area (TPSA) is 30.2 Å². The van der Waals surface area contributed by atoms with Crippen molar-refractivity contribution in [3.63, 3.8) is 0 Å². The van der Waals surface area contributed by atoms with E-state index in [1.165, 1.54) is 25.0 Å². The van der Waals surface area contributed by atoms with Crippen LogP contribution in [0.1, 0.15) is 25.1 Å². The molecule has 16 heavy (non-hydrogen) atoms. The number of pyridine rings is 1. The minimum atomic E-state index is 0.728. The molecule has 1 unspecified atom stereocenters. The van der Waals surface area contributed by atoms with Gasteiger partial charge in [-0.05, 0) is 30.7 Å². The van der Waals surface area contributed by atoms with Crippen molar-refractivity contribution in [1.29, 1.82) is 0 Å². The second kappa shape index (κ2) is 4.45. The summed E-state index contributed by atoms with van der Waals surface area (Å²) < 4.78 is 1.86. The molecule has 2 aromatic rings. The first kappa shape index (κ1) is 10.1. The average molecular weight is 233 g/mol. The first-order valence-corrected chi connectivity index (χ1v) is 6.88. The Morgan fingerprint density at radius 2 is 2.38 bits per heavy atom. The molecular weight excluding hydrogens is 218 g/mol. The molecule has 0 amide bonds. The van der Waals surface area contributed by atoms with Crippen LogP contribution in [0.4, 0.5) is 0 Å². The number of aromatic nitrogens is 3. The van der Waals surface area contributed by atoms with Crippen molar-refractivity contribution >= 4 is 17.4 Å². The summed E-state index contributed by atoms with van der Waals surface area (Å²) in [4.78, 5) is 4.55. The molecule has 0 saturated carbocycles. The van der Waals surface area contributed by atoms with Gasteiger partial charge in [0.1, 0.15) is 0 Å². The quantitative estimate of drug-likeness (QED) is 0.798. The summed E-state index contributed by atoms with van der Waals surface area (Å²) >= 11 is 2.08. The number of thioether (sulfide) groups is 1. The Labute approximate surface area is 99.3 Å². The third kappa shape index (κ3) is 2.07. The van der Waals surface area contributed by atoms with Crippen molar-refractivity contribution in [1.82, 2.24) is 14.6 Å². The van der Waals surface area contributed by atoms with Crippen molar-refractivity contribution in [3.05, 3.63) is 30.2 Å². The number of hydrogen-bond acceptors (Lipinski definition) is 3. The summed E-state index contributed by atoms with van der Waals surface area (Å²) in [5, 5.41) is 5.23. The summed E-state index contributed by atoms with van der Waals surface area (Å²) in [5.74, 6) is 2.29. The lowest BCUT2D eigenvalue weighted by Crippen LogP contribution is -2.13. The van der Waals surface area contributed by atoms with Gasteiger partial charge in [0.25, 0.3) is 0 Å². The number of fused-ring (bicyclic) bond motifs is 1. The zero-order chi connectivity index (χ0) is 10.8. The van der Waals surface area contributed by atoms with E-state index < -0.39 is 0 Å². The molecule has 84 valence electrons. The molecule has 0 radical (unpaired) electrons. The number of hydrogen-bond donors (Lipinski definition) is 0. The molecule has 0 N–H and O–H groups in total. The van der Waals surface area contributed by atoms with Crippen molar-refractivity contribution < 1.29 is 0 Å². The SMILES string of the molecule is c1ccn2nc(CC3CCCCS3)nc2c1. The standard InChI is InChI=1S/C12H15N3S/c1-3-7-15-12(6-1)13-11(14-15)9-10-5-2-4-8-16-10/h1,3,6-7,10H,2,4-5,8-9H2. The van der Waals surface area contributed by atoms with Crippen molar-refractivity contribution in [2.45, 2.75) is 30.9 Å². The first-order valence-electron chi connectivity index (χ1n) is 5.84. The van der Waals surface area contributed by atoms with Gasteiger partial charge in [-0.15, -0.1) is 0 Å². The van der Waals surface area contributed by atoms with E-state index >= 15 is 0 Å². The number of rotatable bonds is 2. The third-order valence-corrected chi connectivity index (χ3v) is 4.37.